The van der Waals surface area contributed by atoms with Crippen molar-refractivity contribution >= 4 is 29.1 Å². The molecular formula is C16H24N2O2S2. The van der Waals surface area contributed by atoms with E-state index in [1.807, 2.05) is 11.8 Å². The van der Waals surface area contributed by atoms with Crippen molar-refractivity contribution in [2.24, 2.45) is 0 Å². The van der Waals surface area contributed by atoms with Crippen LogP contribution in [0.1, 0.15) is 37.0 Å². The number of hydrogen-bond acceptors (Lipinski definition) is 4. The van der Waals surface area contributed by atoms with Crippen LogP contribution in [-0.4, -0.2) is 42.3 Å². The van der Waals surface area contributed by atoms with Gasteiger partial charge in [0.2, 0.25) is 0 Å². The molecule has 1 aromatic heterocycles. The summed E-state index contributed by atoms with van der Waals surface area (Å²) in [5.74, 6) is 2.61. The molecule has 2 fully saturated rings. The molecule has 2 N–H and O–H groups in total. The molecule has 3 atom stereocenters. The number of hydrogen-bond donors (Lipinski definition) is 2. The maximum absolute atomic E-state index is 12.1. The molecule has 0 bridgehead atoms. The molecule has 3 heterocycles. The summed E-state index contributed by atoms with van der Waals surface area (Å²) in [6.45, 7) is 3.58. The fraction of sp³-hybridized carbons (Fsp3) is 0.688. The van der Waals surface area contributed by atoms with Crippen molar-refractivity contribution in [1.82, 2.24) is 10.6 Å². The Hall–Kier alpha value is -0.720. The van der Waals surface area contributed by atoms with Crippen LogP contribution in [-0.2, 0) is 4.74 Å². The van der Waals surface area contributed by atoms with E-state index < -0.39 is 0 Å². The Kier molecular flexibility index (Phi) is 5.31. The minimum Gasteiger partial charge on any atom is -0.374 e. The highest BCUT2D eigenvalue weighted by Gasteiger charge is 2.40. The molecule has 4 nitrogen and oxygen atoms in total. The minimum atomic E-state index is -0.0453. The Labute approximate surface area is 140 Å². The molecule has 2 amide bonds. The number of carbonyl (C=O) groups excluding carboxylic acids is 1. The van der Waals surface area contributed by atoms with E-state index >= 15 is 0 Å². The van der Waals surface area contributed by atoms with E-state index in [9.17, 15) is 4.79 Å². The van der Waals surface area contributed by atoms with Gasteiger partial charge in [-0.25, -0.2) is 4.79 Å². The van der Waals surface area contributed by atoms with Gasteiger partial charge in [-0.15, -0.1) is 11.3 Å². The van der Waals surface area contributed by atoms with Gasteiger partial charge in [-0.2, -0.15) is 11.8 Å². The first-order chi connectivity index (χ1) is 10.7. The third-order valence-corrected chi connectivity index (χ3v) is 6.82. The highest BCUT2D eigenvalue weighted by atomic mass is 32.2. The van der Waals surface area contributed by atoms with Crippen molar-refractivity contribution < 1.29 is 9.53 Å². The van der Waals surface area contributed by atoms with E-state index in [0.717, 1.165) is 31.6 Å². The molecule has 2 saturated heterocycles. The number of carbonyl (C=O) groups is 1. The molecular weight excluding hydrogens is 316 g/mol. The Bertz CT molecular complexity index is 486. The average Bonchev–Trinajstić information content (AvgIpc) is 3.17. The quantitative estimate of drug-likeness (QED) is 0.885. The standard InChI is InChI=1S/C16H24N2O2S2/c1-12(14-3-2-7-22-14)10-17-15(19)18-13-4-6-20-16(9-13)5-8-21-11-16/h2-3,7,12-13H,4-6,8-11H2,1H3,(H2,17,18,19)/t12-,13+,16-/m1/s1. The maximum atomic E-state index is 12.1. The van der Waals surface area contributed by atoms with Crippen molar-refractivity contribution in [1.29, 1.82) is 0 Å². The Morgan fingerprint density at radius 2 is 2.50 bits per heavy atom. The van der Waals surface area contributed by atoms with E-state index in [1.54, 1.807) is 11.3 Å². The number of ether oxygens (including phenoxy) is 1. The first-order valence-corrected chi connectivity index (χ1v) is 10.00. The number of thioether (sulfide) groups is 1. The number of nitrogens with one attached hydrogen (secondary N) is 2. The van der Waals surface area contributed by atoms with Gasteiger partial charge in [0.05, 0.1) is 5.60 Å². The lowest BCUT2D eigenvalue weighted by Crippen LogP contribution is -2.51. The van der Waals surface area contributed by atoms with E-state index in [1.165, 1.54) is 10.6 Å². The smallest absolute Gasteiger partial charge is 0.315 e. The third-order valence-electron chi connectivity index (χ3n) is 4.49. The van der Waals surface area contributed by atoms with Gasteiger partial charge in [-0.3, -0.25) is 0 Å². The molecule has 0 radical (unpaired) electrons. The van der Waals surface area contributed by atoms with Crippen LogP contribution in [0.3, 0.4) is 0 Å². The lowest BCUT2D eigenvalue weighted by atomic mass is 9.90. The summed E-state index contributed by atoms with van der Waals surface area (Å²) in [5.41, 5.74) is 0.0190. The molecule has 122 valence electrons. The zero-order valence-electron chi connectivity index (χ0n) is 13.0. The molecule has 0 saturated carbocycles. The molecule has 0 unspecified atom stereocenters. The Morgan fingerprint density at radius 1 is 1.59 bits per heavy atom. The van der Waals surface area contributed by atoms with Crippen LogP contribution in [0.4, 0.5) is 4.79 Å². The SMILES string of the molecule is C[C@H](CNC(=O)N[C@H]1CCO[C@]2(CCSC2)C1)c1cccs1. The van der Waals surface area contributed by atoms with Gasteiger partial charge in [-0.05, 0) is 36.5 Å². The van der Waals surface area contributed by atoms with Gasteiger partial charge in [0.15, 0.2) is 0 Å². The largest absolute Gasteiger partial charge is 0.374 e. The first kappa shape index (κ1) is 16.1. The number of thiophene rings is 1. The molecule has 2 aliphatic heterocycles. The summed E-state index contributed by atoms with van der Waals surface area (Å²) in [6.07, 6.45) is 2.99. The van der Waals surface area contributed by atoms with Gasteiger partial charge in [0.25, 0.3) is 0 Å². The maximum Gasteiger partial charge on any atom is 0.315 e. The molecule has 1 spiro atoms. The number of rotatable bonds is 4. The molecule has 6 heteroatoms. The molecule has 22 heavy (non-hydrogen) atoms. The van der Waals surface area contributed by atoms with Gasteiger partial charge in [-0.1, -0.05) is 13.0 Å². The zero-order valence-corrected chi connectivity index (χ0v) is 14.6. The Morgan fingerprint density at radius 3 is 3.23 bits per heavy atom. The fourth-order valence-electron chi connectivity index (χ4n) is 3.17. The van der Waals surface area contributed by atoms with Gasteiger partial charge in [0, 0.05) is 35.7 Å². The van der Waals surface area contributed by atoms with Crippen molar-refractivity contribution in [3.05, 3.63) is 22.4 Å². The van der Waals surface area contributed by atoms with Crippen LogP contribution in [0, 0.1) is 0 Å². The molecule has 1 aromatic rings. The van der Waals surface area contributed by atoms with E-state index in [2.05, 4.69) is 35.1 Å². The van der Waals surface area contributed by atoms with Crippen molar-refractivity contribution in [3.63, 3.8) is 0 Å². The molecule has 0 aliphatic carbocycles. The third kappa shape index (κ3) is 3.97. The summed E-state index contributed by atoms with van der Waals surface area (Å²) >= 11 is 3.70. The number of amides is 2. The summed E-state index contributed by atoms with van der Waals surface area (Å²) in [6, 6.07) is 4.37. The van der Waals surface area contributed by atoms with E-state index in [4.69, 9.17) is 4.74 Å². The van der Waals surface area contributed by atoms with Crippen LogP contribution in [0.5, 0.6) is 0 Å². The Balaban J connectivity index is 1.43. The highest BCUT2D eigenvalue weighted by Crippen LogP contribution is 2.38. The second-order valence-corrected chi connectivity index (χ2v) is 8.38. The highest BCUT2D eigenvalue weighted by molar-refractivity contribution is 7.99. The van der Waals surface area contributed by atoms with Gasteiger partial charge >= 0.3 is 6.03 Å². The van der Waals surface area contributed by atoms with Crippen molar-refractivity contribution in [3.8, 4) is 0 Å². The number of urea groups is 1. The topological polar surface area (TPSA) is 50.4 Å². The average molecular weight is 341 g/mol. The molecule has 0 aromatic carbocycles. The van der Waals surface area contributed by atoms with E-state index in [0.29, 0.717) is 12.5 Å². The minimum absolute atomic E-state index is 0.0190. The summed E-state index contributed by atoms with van der Waals surface area (Å²) in [4.78, 5) is 13.4. The van der Waals surface area contributed by atoms with Crippen LogP contribution in [0.2, 0.25) is 0 Å². The van der Waals surface area contributed by atoms with Crippen LogP contribution in [0.15, 0.2) is 17.5 Å². The van der Waals surface area contributed by atoms with Crippen LogP contribution in [0.25, 0.3) is 0 Å². The normalized spacial score (nSPS) is 29.4. The summed E-state index contributed by atoms with van der Waals surface area (Å²) in [7, 11) is 0. The van der Waals surface area contributed by atoms with Crippen LogP contribution < -0.4 is 10.6 Å². The molecule has 2 aliphatic rings. The first-order valence-electron chi connectivity index (χ1n) is 7.96. The van der Waals surface area contributed by atoms with Crippen molar-refractivity contribution in [2.75, 3.05) is 24.7 Å². The summed E-state index contributed by atoms with van der Waals surface area (Å²) in [5, 5.41) is 8.22. The predicted molar refractivity (Wildman–Crippen MR) is 92.9 cm³/mol. The zero-order chi connectivity index (χ0) is 15.4. The monoisotopic (exact) mass is 340 g/mol. The molecule has 3 rings (SSSR count). The summed E-state index contributed by atoms with van der Waals surface area (Å²) < 4.78 is 5.99. The predicted octanol–water partition coefficient (Wildman–Crippen LogP) is 3.21. The fourth-order valence-corrected chi connectivity index (χ4v) is 5.33. The van der Waals surface area contributed by atoms with Gasteiger partial charge in [0.1, 0.15) is 0 Å². The van der Waals surface area contributed by atoms with E-state index in [-0.39, 0.29) is 17.7 Å². The van der Waals surface area contributed by atoms with Crippen LogP contribution >= 0.6 is 23.1 Å². The second kappa shape index (κ2) is 7.23. The van der Waals surface area contributed by atoms with Gasteiger partial charge < -0.3 is 15.4 Å². The lowest BCUT2D eigenvalue weighted by Gasteiger charge is -2.38. The van der Waals surface area contributed by atoms with Crippen molar-refractivity contribution in [2.45, 2.75) is 43.7 Å². The lowest BCUT2D eigenvalue weighted by molar-refractivity contribution is -0.0684. The second-order valence-electron chi connectivity index (χ2n) is 6.29.